The van der Waals surface area contributed by atoms with E-state index in [-0.39, 0.29) is 24.0 Å². The van der Waals surface area contributed by atoms with E-state index in [1.807, 2.05) is 18.2 Å². The molecule has 19 heavy (non-hydrogen) atoms. The summed E-state index contributed by atoms with van der Waals surface area (Å²) in [6.45, 7) is 3.23. The van der Waals surface area contributed by atoms with E-state index in [2.05, 4.69) is 24.4 Å². The smallest absolute Gasteiger partial charge is 0.312 e. The second kappa shape index (κ2) is 6.68. The highest BCUT2D eigenvalue weighted by Gasteiger charge is 2.33. The molecule has 0 amide bonds. The number of rotatable bonds is 4. The monoisotopic (exact) mass is 263 g/mol. The molecule has 4 heteroatoms. The Bertz CT molecular complexity index is 407. The number of nitrogens with one attached hydrogen (secondary N) is 1. The topological polar surface area (TPSA) is 47.6 Å². The van der Waals surface area contributed by atoms with Gasteiger partial charge in [0.15, 0.2) is 0 Å². The predicted octanol–water partition coefficient (Wildman–Crippen LogP) is 1.92. The Hall–Kier alpha value is -1.39. The fourth-order valence-electron chi connectivity index (χ4n) is 2.48. The molecule has 1 heterocycles. The number of hydrogen-bond donors (Lipinski definition) is 1. The molecule has 1 N–H and O–H groups in total. The third kappa shape index (κ3) is 3.55. The molecule has 1 aliphatic rings. The zero-order valence-corrected chi connectivity index (χ0v) is 11.5. The molecule has 104 valence electrons. The first-order valence-electron chi connectivity index (χ1n) is 6.69. The second-order valence-corrected chi connectivity index (χ2v) is 4.90. The van der Waals surface area contributed by atoms with Gasteiger partial charge in [-0.05, 0) is 18.9 Å². The summed E-state index contributed by atoms with van der Waals surface area (Å²) < 4.78 is 10.2. The minimum Gasteiger partial charge on any atom is -0.469 e. The molecule has 0 aromatic heterocycles. The van der Waals surface area contributed by atoms with Crippen LogP contribution in [0.4, 0.5) is 0 Å². The van der Waals surface area contributed by atoms with Crippen molar-refractivity contribution in [2.45, 2.75) is 25.4 Å². The van der Waals surface area contributed by atoms with Crippen LogP contribution in [-0.2, 0) is 14.3 Å². The van der Waals surface area contributed by atoms with E-state index in [4.69, 9.17) is 9.47 Å². The Balaban J connectivity index is 2.01. The lowest BCUT2D eigenvalue weighted by Gasteiger charge is -2.32. The van der Waals surface area contributed by atoms with Crippen molar-refractivity contribution in [3.8, 4) is 0 Å². The maximum Gasteiger partial charge on any atom is 0.312 e. The third-order valence-corrected chi connectivity index (χ3v) is 3.62. The average molecular weight is 263 g/mol. The van der Waals surface area contributed by atoms with Gasteiger partial charge in [0.1, 0.15) is 0 Å². The quantitative estimate of drug-likeness (QED) is 0.843. The Morgan fingerprint density at radius 1 is 1.42 bits per heavy atom. The summed E-state index contributed by atoms with van der Waals surface area (Å²) in [5.41, 5.74) is 1.22. The van der Waals surface area contributed by atoms with Crippen molar-refractivity contribution >= 4 is 5.97 Å². The number of methoxy groups -OCH3 is 1. The van der Waals surface area contributed by atoms with Crippen LogP contribution in [0.15, 0.2) is 30.3 Å². The molecular weight excluding hydrogens is 242 g/mol. The van der Waals surface area contributed by atoms with Crippen LogP contribution >= 0.6 is 0 Å². The molecule has 4 nitrogen and oxygen atoms in total. The molecule has 0 bridgehead atoms. The van der Waals surface area contributed by atoms with Gasteiger partial charge >= 0.3 is 5.97 Å². The zero-order chi connectivity index (χ0) is 13.7. The summed E-state index contributed by atoms with van der Waals surface area (Å²) in [7, 11) is 1.43. The van der Waals surface area contributed by atoms with Crippen molar-refractivity contribution in [3.63, 3.8) is 0 Å². The van der Waals surface area contributed by atoms with Crippen LogP contribution in [0.3, 0.4) is 0 Å². The van der Waals surface area contributed by atoms with E-state index in [1.165, 1.54) is 12.7 Å². The van der Waals surface area contributed by atoms with Crippen molar-refractivity contribution in [1.29, 1.82) is 0 Å². The lowest BCUT2D eigenvalue weighted by Crippen LogP contribution is -2.47. The highest BCUT2D eigenvalue weighted by atomic mass is 16.5. The number of hydrogen-bond acceptors (Lipinski definition) is 4. The Morgan fingerprint density at radius 3 is 2.84 bits per heavy atom. The molecule has 0 saturated carbocycles. The second-order valence-electron chi connectivity index (χ2n) is 4.90. The minimum atomic E-state index is -0.218. The van der Waals surface area contributed by atoms with Gasteiger partial charge < -0.3 is 14.8 Å². The van der Waals surface area contributed by atoms with Gasteiger partial charge in [-0.25, -0.2) is 0 Å². The fourth-order valence-corrected chi connectivity index (χ4v) is 2.48. The minimum absolute atomic E-state index is 0.108. The first-order valence-corrected chi connectivity index (χ1v) is 6.69. The van der Waals surface area contributed by atoms with Crippen LogP contribution in [-0.4, -0.2) is 32.3 Å². The summed E-state index contributed by atoms with van der Waals surface area (Å²) in [4.78, 5) is 11.8. The molecule has 1 saturated heterocycles. The molecular formula is C15H21NO3. The number of ether oxygens (including phenoxy) is 2. The summed E-state index contributed by atoms with van der Waals surface area (Å²) >= 11 is 0. The Labute approximate surface area is 114 Å². The summed E-state index contributed by atoms with van der Waals surface area (Å²) in [5, 5.41) is 3.52. The van der Waals surface area contributed by atoms with E-state index in [9.17, 15) is 4.79 Å². The molecule has 1 unspecified atom stereocenters. The number of carbonyl (C=O) groups excluding carboxylic acids is 1. The molecule has 2 rings (SSSR count). The SMILES string of the molecule is COC(=O)[C@H]1COCCC1N[C@@H](C)c1ccccc1. The number of carbonyl (C=O) groups is 1. The molecule has 1 fully saturated rings. The van der Waals surface area contributed by atoms with Gasteiger partial charge in [-0.1, -0.05) is 30.3 Å². The van der Waals surface area contributed by atoms with Crippen LogP contribution in [0, 0.1) is 5.92 Å². The molecule has 3 atom stereocenters. The Morgan fingerprint density at radius 2 is 2.16 bits per heavy atom. The van der Waals surface area contributed by atoms with Gasteiger partial charge in [0.2, 0.25) is 0 Å². The molecule has 0 aliphatic carbocycles. The van der Waals surface area contributed by atoms with Crippen LogP contribution in [0.1, 0.15) is 24.9 Å². The van der Waals surface area contributed by atoms with E-state index in [1.54, 1.807) is 0 Å². The first-order chi connectivity index (χ1) is 9.22. The first kappa shape index (κ1) is 14.0. The van der Waals surface area contributed by atoms with Gasteiger partial charge in [0.05, 0.1) is 19.6 Å². The van der Waals surface area contributed by atoms with Crippen molar-refractivity contribution < 1.29 is 14.3 Å². The molecule has 1 aliphatic heterocycles. The number of esters is 1. The zero-order valence-electron chi connectivity index (χ0n) is 11.5. The van der Waals surface area contributed by atoms with Gasteiger partial charge in [0.25, 0.3) is 0 Å². The van der Waals surface area contributed by atoms with Crippen molar-refractivity contribution in [1.82, 2.24) is 5.32 Å². The maximum absolute atomic E-state index is 11.8. The Kier molecular flexibility index (Phi) is 4.93. The maximum atomic E-state index is 11.8. The van der Waals surface area contributed by atoms with E-state index < -0.39 is 0 Å². The van der Waals surface area contributed by atoms with Gasteiger partial charge in [-0.3, -0.25) is 4.79 Å². The fraction of sp³-hybridized carbons (Fsp3) is 0.533. The predicted molar refractivity (Wildman–Crippen MR) is 72.7 cm³/mol. The summed E-state index contributed by atoms with van der Waals surface area (Å²) in [5.74, 6) is -0.414. The van der Waals surface area contributed by atoms with Gasteiger partial charge in [-0.15, -0.1) is 0 Å². The van der Waals surface area contributed by atoms with E-state index in [0.717, 1.165) is 6.42 Å². The average Bonchev–Trinajstić information content (AvgIpc) is 2.48. The van der Waals surface area contributed by atoms with Crippen LogP contribution in [0.2, 0.25) is 0 Å². The highest BCUT2D eigenvalue weighted by molar-refractivity contribution is 5.73. The van der Waals surface area contributed by atoms with Crippen LogP contribution < -0.4 is 5.32 Å². The van der Waals surface area contributed by atoms with E-state index in [0.29, 0.717) is 13.2 Å². The van der Waals surface area contributed by atoms with Crippen LogP contribution in [0.25, 0.3) is 0 Å². The normalized spacial score (nSPS) is 24.7. The number of benzene rings is 1. The van der Waals surface area contributed by atoms with Gasteiger partial charge in [-0.2, -0.15) is 0 Å². The van der Waals surface area contributed by atoms with Crippen LogP contribution in [0.5, 0.6) is 0 Å². The summed E-state index contributed by atoms with van der Waals surface area (Å²) in [6, 6.07) is 10.5. The summed E-state index contributed by atoms with van der Waals surface area (Å²) in [6.07, 6.45) is 0.830. The van der Waals surface area contributed by atoms with Crippen molar-refractivity contribution in [2.24, 2.45) is 5.92 Å². The molecule has 1 aromatic rings. The molecule has 0 spiro atoms. The van der Waals surface area contributed by atoms with E-state index >= 15 is 0 Å². The molecule has 1 aromatic carbocycles. The third-order valence-electron chi connectivity index (χ3n) is 3.62. The van der Waals surface area contributed by atoms with Crippen molar-refractivity contribution in [2.75, 3.05) is 20.3 Å². The largest absolute Gasteiger partial charge is 0.469 e. The lowest BCUT2D eigenvalue weighted by atomic mass is 9.94. The van der Waals surface area contributed by atoms with Gasteiger partial charge in [0, 0.05) is 18.7 Å². The van der Waals surface area contributed by atoms with Crippen molar-refractivity contribution in [3.05, 3.63) is 35.9 Å². The molecule has 0 radical (unpaired) electrons. The standard InChI is InChI=1S/C15H21NO3/c1-11(12-6-4-3-5-7-12)16-14-8-9-19-10-13(14)15(17)18-2/h3-7,11,13-14,16H,8-10H2,1-2H3/t11-,13-,14?/m0/s1. The highest BCUT2D eigenvalue weighted by Crippen LogP contribution is 2.20. The lowest BCUT2D eigenvalue weighted by molar-refractivity contribution is -0.151.